The molecule has 1 aliphatic rings. The summed E-state index contributed by atoms with van der Waals surface area (Å²) in [6, 6.07) is 0. The Bertz CT molecular complexity index is 140. The zero-order valence-electron chi connectivity index (χ0n) is 8.14. The molecule has 0 aromatic rings. The Labute approximate surface area is 75.5 Å². The molecule has 0 radical (unpaired) electrons. The maximum absolute atomic E-state index is 11.4. The monoisotopic (exact) mass is 168 g/mol. The molecule has 0 spiro atoms. The number of hydrogen-bond donors (Lipinski definition) is 0. The number of ketones is 1. The highest BCUT2D eigenvalue weighted by Crippen LogP contribution is 2.18. The summed E-state index contributed by atoms with van der Waals surface area (Å²) in [6.07, 6.45) is 9.65. The SMILES string of the molecule is C[C@H]1CCCCCCCCC1=O. The number of rotatable bonds is 0. The van der Waals surface area contributed by atoms with Gasteiger partial charge in [0.15, 0.2) is 0 Å². The van der Waals surface area contributed by atoms with Crippen molar-refractivity contribution in [3.8, 4) is 0 Å². The van der Waals surface area contributed by atoms with E-state index < -0.39 is 0 Å². The van der Waals surface area contributed by atoms with E-state index in [2.05, 4.69) is 6.92 Å². The van der Waals surface area contributed by atoms with Crippen molar-refractivity contribution in [2.75, 3.05) is 0 Å². The summed E-state index contributed by atoms with van der Waals surface area (Å²) in [5.74, 6) is 0.833. The Morgan fingerprint density at radius 3 is 2.33 bits per heavy atom. The van der Waals surface area contributed by atoms with Crippen LogP contribution in [0.25, 0.3) is 0 Å². The van der Waals surface area contributed by atoms with Crippen LogP contribution in [-0.4, -0.2) is 5.78 Å². The van der Waals surface area contributed by atoms with Crippen LogP contribution in [-0.2, 0) is 4.79 Å². The Hall–Kier alpha value is -0.330. The summed E-state index contributed by atoms with van der Waals surface area (Å²) < 4.78 is 0. The molecule has 0 aromatic heterocycles. The molecule has 1 aliphatic carbocycles. The van der Waals surface area contributed by atoms with Gasteiger partial charge in [0.1, 0.15) is 5.78 Å². The number of carbonyl (C=O) groups is 1. The molecule has 0 aromatic carbocycles. The average Bonchev–Trinajstić information content (AvgIpc) is 2.08. The third-order valence-electron chi connectivity index (χ3n) is 2.86. The van der Waals surface area contributed by atoms with E-state index in [9.17, 15) is 4.79 Å². The second-order valence-corrected chi connectivity index (χ2v) is 4.03. The minimum Gasteiger partial charge on any atom is -0.299 e. The van der Waals surface area contributed by atoms with Gasteiger partial charge in [-0.05, 0) is 12.8 Å². The highest BCUT2D eigenvalue weighted by atomic mass is 16.1. The van der Waals surface area contributed by atoms with E-state index in [0.717, 1.165) is 19.3 Å². The van der Waals surface area contributed by atoms with Crippen LogP contribution in [0.15, 0.2) is 0 Å². The Kier molecular flexibility index (Phi) is 4.34. The van der Waals surface area contributed by atoms with E-state index in [0.29, 0.717) is 11.7 Å². The fourth-order valence-corrected chi connectivity index (χ4v) is 1.86. The fourth-order valence-electron chi connectivity index (χ4n) is 1.86. The maximum atomic E-state index is 11.4. The van der Waals surface area contributed by atoms with Gasteiger partial charge in [0.25, 0.3) is 0 Å². The van der Waals surface area contributed by atoms with Gasteiger partial charge in [0, 0.05) is 12.3 Å². The van der Waals surface area contributed by atoms with E-state index in [1.807, 2.05) is 0 Å². The lowest BCUT2D eigenvalue weighted by molar-refractivity contribution is -0.122. The van der Waals surface area contributed by atoms with Gasteiger partial charge >= 0.3 is 0 Å². The first kappa shape index (κ1) is 9.76. The van der Waals surface area contributed by atoms with Gasteiger partial charge in [-0.3, -0.25) is 4.79 Å². The topological polar surface area (TPSA) is 17.1 Å². The Morgan fingerprint density at radius 1 is 1.00 bits per heavy atom. The molecule has 0 N–H and O–H groups in total. The van der Waals surface area contributed by atoms with Crippen molar-refractivity contribution in [1.29, 1.82) is 0 Å². The zero-order chi connectivity index (χ0) is 8.81. The van der Waals surface area contributed by atoms with E-state index in [1.54, 1.807) is 0 Å². The molecule has 0 aliphatic heterocycles. The smallest absolute Gasteiger partial charge is 0.135 e. The quantitative estimate of drug-likeness (QED) is 0.542. The molecular weight excluding hydrogens is 148 g/mol. The summed E-state index contributed by atoms with van der Waals surface area (Å²) in [7, 11) is 0. The van der Waals surface area contributed by atoms with Crippen LogP contribution >= 0.6 is 0 Å². The van der Waals surface area contributed by atoms with Gasteiger partial charge < -0.3 is 0 Å². The lowest BCUT2D eigenvalue weighted by Crippen LogP contribution is -2.11. The summed E-state index contributed by atoms with van der Waals surface area (Å²) in [5, 5.41) is 0. The molecule has 12 heavy (non-hydrogen) atoms. The van der Waals surface area contributed by atoms with Crippen molar-refractivity contribution in [1.82, 2.24) is 0 Å². The van der Waals surface area contributed by atoms with Crippen molar-refractivity contribution in [3.05, 3.63) is 0 Å². The van der Waals surface area contributed by atoms with Crippen LogP contribution in [0.1, 0.15) is 58.3 Å². The van der Waals surface area contributed by atoms with E-state index in [4.69, 9.17) is 0 Å². The Balaban J connectivity index is 2.31. The molecule has 1 atom stereocenters. The van der Waals surface area contributed by atoms with Gasteiger partial charge in [0.2, 0.25) is 0 Å². The normalized spacial score (nSPS) is 28.4. The highest BCUT2D eigenvalue weighted by Gasteiger charge is 2.12. The van der Waals surface area contributed by atoms with Gasteiger partial charge in [-0.15, -0.1) is 0 Å². The van der Waals surface area contributed by atoms with Crippen LogP contribution < -0.4 is 0 Å². The molecule has 0 unspecified atom stereocenters. The van der Waals surface area contributed by atoms with Crippen molar-refractivity contribution in [2.45, 2.75) is 58.3 Å². The molecule has 1 nitrogen and oxygen atoms in total. The van der Waals surface area contributed by atoms with Gasteiger partial charge in [-0.1, -0.05) is 39.0 Å². The minimum atomic E-state index is 0.336. The Morgan fingerprint density at radius 2 is 1.58 bits per heavy atom. The molecule has 1 rings (SSSR count). The molecule has 1 heteroatoms. The fraction of sp³-hybridized carbons (Fsp3) is 0.909. The number of hydrogen-bond acceptors (Lipinski definition) is 1. The molecular formula is C11H20O. The molecule has 0 saturated heterocycles. The largest absolute Gasteiger partial charge is 0.299 e. The van der Waals surface area contributed by atoms with Gasteiger partial charge in [-0.25, -0.2) is 0 Å². The molecule has 0 amide bonds. The van der Waals surface area contributed by atoms with E-state index in [-0.39, 0.29) is 0 Å². The second-order valence-electron chi connectivity index (χ2n) is 4.03. The first-order chi connectivity index (χ1) is 5.80. The highest BCUT2D eigenvalue weighted by molar-refractivity contribution is 5.80. The van der Waals surface area contributed by atoms with Gasteiger partial charge in [0.05, 0.1) is 0 Å². The van der Waals surface area contributed by atoms with E-state index in [1.165, 1.54) is 32.1 Å². The first-order valence-electron chi connectivity index (χ1n) is 5.33. The van der Waals surface area contributed by atoms with Crippen molar-refractivity contribution >= 4 is 5.78 Å². The first-order valence-corrected chi connectivity index (χ1v) is 5.33. The third-order valence-corrected chi connectivity index (χ3v) is 2.86. The second kappa shape index (κ2) is 5.34. The van der Waals surface area contributed by atoms with Crippen LogP contribution in [0.4, 0.5) is 0 Å². The van der Waals surface area contributed by atoms with Gasteiger partial charge in [-0.2, -0.15) is 0 Å². The lowest BCUT2D eigenvalue weighted by Gasteiger charge is -2.12. The van der Waals surface area contributed by atoms with Crippen molar-refractivity contribution in [2.24, 2.45) is 5.92 Å². The summed E-state index contributed by atoms with van der Waals surface area (Å²) in [4.78, 5) is 11.4. The predicted octanol–water partition coefficient (Wildman–Crippen LogP) is 3.33. The number of carbonyl (C=O) groups excluding carboxylic acids is 1. The predicted molar refractivity (Wildman–Crippen MR) is 51.1 cm³/mol. The lowest BCUT2D eigenvalue weighted by atomic mass is 9.93. The van der Waals surface area contributed by atoms with E-state index >= 15 is 0 Å². The standard InChI is InChI=1S/C11H20O/c1-10-8-6-4-2-3-5-7-9-11(10)12/h10H,2-9H2,1H3/t10-/m0/s1. The minimum absolute atomic E-state index is 0.336. The molecule has 0 heterocycles. The zero-order valence-corrected chi connectivity index (χ0v) is 8.14. The summed E-state index contributed by atoms with van der Waals surface area (Å²) >= 11 is 0. The number of Topliss-reactive ketones (excluding diaryl/α,β-unsaturated/α-hetero) is 1. The summed E-state index contributed by atoms with van der Waals surface area (Å²) in [6.45, 7) is 2.09. The van der Waals surface area contributed by atoms with Crippen LogP contribution in [0.5, 0.6) is 0 Å². The maximum Gasteiger partial charge on any atom is 0.135 e. The average molecular weight is 168 g/mol. The van der Waals surface area contributed by atoms with Crippen molar-refractivity contribution < 1.29 is 4.79 Å². The molecule has 1 saturated carbocycles. The molecule has 1 fully saturated rings. The van der Waals surface area contributed by atoms with Crippen LogP contribution in [0.2, 0.25) is 0 Å². The van der Waals surface area contributed by atoms with Crippen LogP contribution in [0.3, 0.4) is 0 Å². The molecule has 70 valence electrons. The third kappa shape index (κ3) is 3.38. The molecule has 0 bridgehead atoms. The van der Waals surface area contributed by atoms with Crippen molar-refractivity contribution in [3.63, 3.8) is 0 Å². The van der Waals surface area contributed by atoms with Crippen LogP contribution in [0, 0.1) is 5.92 Å². The summed E-state index contributed by atoms with van der Waals surface area (Å²) in [5.41, 5.74) is 0.